The van der Waals surface area contributed by atoms with Crippen LogP contribution in [0.25, 0.3) is 0 Å². The summed E-state index contributed by atoms with van der Waals surface area (Å²) in [6.45, 7) is 2.20. The van der Waals surface area contributed by atoms with Crippen molar-refractivity contribution in [1.29, 1.82) is 0 Å². The fourth-order valence-corrected chi connectivity index (χ4v) is 4.14. The smallest absolute Gasteiger partial charge is 0.368 e. The third-order valence-electron chi connectivity index (χ3n) is 5.75. The highest BCUT2D eigenvalue weighted by Crippen LogP contribution is 2.39. The van der Waals surface area contributed by atoms with Gasteiger partial charge < -0.3 is 15.1 Å². The second kappa shape index (κ2) is 9.24. The van der Waals surface area contributed by atoms with E-state index in [9.17, 15) is 22.8 Å². The minimum Gasteiger partial charge on any atom is -0.368 e. The summed E-state index contributed by atoms with van der Waals surface area (Å²) in [5.74, 6) is -2.77. The third-order valence-corrected chi connectivity index (χ3v) is 6.00. The van der Waals surface area contributed by atoms with E-state index in [-0.39, 0.29) is 25.3 Å². The van der Waals surface area contributed by atoms with Crippen molar-refractivity contribution in [3.63, 3.8) is 0 Å². The van der Waals surface area contributed by atoms with Crippen LogP contribution in [0.4, 0.5) is 18.9 Å². The monoisotopic (exact) mass is 431 g/mol. The van der Waals surface area contributed by atoms with Crippen LogP contribution in [0.1, 0.15) is 25.7 Å². The maximum Gasteiger partial charge on any atom is 0.391 e. The zero-order valence-corrected chi connectivity index (χ0v) is 16.8. The number of nitrogens with zero attached hydrogens (tertiary/aromatic N) is 2. The number of hydrogen-bond donors (Lipinski definition) is 1. The number of piperazine rings is 1. The molecule has 2 unspecified atom stereocenters. The van der Waals surface area contributed by atoms with Gasteiger partial charge >= 0.3 is 6.18 Å². The quantitative estimate of drug-likeness (QED) is 0.794. The van der Waals surface area contributed by atoms with Crippen molar-refractivity contribution in [2.45, 2.75) is 31.9 Å². The molecule has 1 aromatic rings. The zero-order valence-electron chi connectivity index (χ0n) is 16.1. The number of alkyl halides is 3. The summed E-state index contributed by atoms with van der Waals surface area (Å²) >= 11 is 5.90. The van der Waals surface area contributed by atoms with E-state index in [1.54, 1.807) is 4.90 Å². The van der Waals surface area contributed by atoms with Gasteiger partial charge in [0.15, 0.2) is 0 Å². The number of nitrogens with one attached hydrogen (secondary N) is 1. The Morgan fingerprint density at radius 3 is 2.34 bits per heavy atom. The summed E-state index contributed by atoms with van der Waals surface area (Å²) in [6, 6.07) is 7.49. The average Bonchev–Trinajstić information content (AvgIpc) is 2.72. The molecule has 0 spiro atoms. The van der Waals surface area contributed by atoms with E-state index in [1.165, 1.54) is 0 Å². The number of amides is 2. The number of hydrogen-bond acceptors (Lipinski definition) is 3. The van der Waals surface area contributed by atoms with Crippen LogP contribution in [-0.2, 0) is 9.59 Å². The minimum absolute atomic E-state index is 0.0735. The maximum atomic E-state index is 12.9. The predicted molar refractivity (Wildman–Crippen MR) is 105 cm³/mol. The first kappa shape index (κ1) is 21.7. The highest BCUT2D eigenvalue weighted by atomic mass is 35.5. The second-order valence-electron chi connectivity index (χ2n) is 7.66. The topological polar surface area (TPSA) is 52.7 Å². The van der Waals surface area contributed by atoms with Crippen LogP contribution in [0, 0.1) is 11.8 Å². The first-order valence-electron chi connectivity index (χ1n) is 9.87. The van der Waals surface area contributed by atoms with E-state index in [0.29, 0.717) is 44.0 Å². The lowest BCUT2D eigenvalue weighted by Crippen LogP contribution is -2.51. The molecular weight excluding hydrogens is 407 g/mol. The van der Waals surface area contributed by atoms with Gasteiger partial charge in [-0.2, -0.15) is 13.2 Å². The Morgan fingerprint density at radius 1 is 1.07 bits per heavy atom. The summed E-state index contributed by atoms with van der Waals surface area (Å²) < 4.78 is 38.7. The molecule has 2 amide bonds. The van der Waals surface area contributed by atoms with Gasteiger partial charge in [0.05, 0.1) is 12.5 Å². The number of carbonyl (C=O) groups excluding carboxylic acids is 2. The lowest BCUT2D eigenvalue weighted by atomic mass is 9.80. The maximum absolute atomic E-state index is 12.9. The third kappa shape index (κ3) is 5.78. The fourth-order valence-electron chi connectivity index (χ4n) is 4.01. The van der Waals surface area contributed by atoms with Gasteiger partial charge in [-0.05, 0) is 43.5 Å². The van der Waals surface area contributed by atoms with E-state index in [0.717, 1.165) is 5.69 Å². The Labute approximate surface area is 173 Å². The standard InChI is InChI=1S/C20H25ClF3N3O2/c21-16-4-6-17(7-5-16)26-8-10-27(11-9-26)18(28)13-25-19(29)14-2-1-3-15(12-14)20(22,23)24/h4-7,14-15H,1-3,8-13H2,(H,25,29). The Kier molecular flexibility index (Phi) is 6.93. The van der Waals surface area contributed by atoms with Crippen LogP contribution >= 0.6 is 11.6 Å². The van der Waals surface area contributed by atoms with Crippen molar-refractivity contribution in [1.82, 2.24) is 10.2 Å². The molecule has 2 fully saturated rings. The van der Waals surface area contributed by atoms with Crippen LogP contribution < -0.4 is 10.2 Å². The molecule has 1 aliphatic carbocycles. The first-order valence-corrected chi connectivity index (χ1v) is 10.2. The average molecular weight is 432 g/mol. The summed E-state index contributed by atoms with van der Waals surface area (Å²) in [5.41, 5.74) is 1.03. The van der Waals surface area contributed by atoms with E-state index >= 15 is 0 Å². The molecule has 5 nitrogen and oxygen atoms in total. The number of halogens is 4. The molecule has 1 aromatic carbocycles. The molecule has 29 heavy (non-hydrogen) atoms. The molecule has 0 radical (unpaired) electrons. The molecule has 3 rings (SSSR count). The Hall–Kier alpha value is -1.96. The molecule has 1 N–H and O–H groups in total. The molecule has 9 heteroatoms. The van der Waals surface area contributed by atoms with Crippen LogP contribution in [0.3, 0.4) is 0 Å². The number of rotatable bonds is 4. The fraction of sp³-hybridized carbons (Fsp3) is 0.600. The molecule has 0 bridgehead atoms. The van der Waals surface area contributed by atoms with Crippen molar-refractivity contribution in [2.24, 2.45) is 11.8 Å². The highest BCUT2D eigenvalue weighted by Gasteiger charge is 2.43. The first-order chi connectivity index (χ1) is 13.7. The van der Waals surface area contributed by atoms with Gasteiger partial charge in [-0.1, -0.05) is 18.0 Å². The van der Waals surface area contributed by atoms with Crippen LogP contribution in [0.15, 0.2) is 24.3 Å². The summed E-state index contributed by atoms with van der Waals surface area (Å²) in [6.07, 6.45) is -3.57. The van der Waals surface area contributed by atoms with Crippen molar-refractivity contribution in [2.75, 3.05) is 37.6 Å². The molecule has 1 heterocycles. The lowest BCUT2D eigenvalue weighted by molar-refractivity contribution is -0.186. The van der Waals surface area contributed by atoms with Crippen molar-refractivity contribution in [3.8, 4) is 0 Å². The highest BCUT2D eigenvalue weighted by molar-refractivity contribution is 6.30. The van der Waals surface area contributed by atoms with Crippen molar-refractivity contribution in [3.05, 3.63) is 29.3 Å². The molecule has 2 aliphatic rings. The number of carbonyl (C=O) groups is 2. The van der Waals surface area contributed by atoms with Crippen LogP contribution in [0.5, 0.6) is 0 Å². The van der Waals surface area contributed by atoms with Gasteiger partial charge in [-0.25, -0.2) is 0 Å². The van der Waals surface area contributed by atoms with Crippen molar-refractivity contribution >= 4 is 29.1 Å². The van der Waals surface area contributed by atoms with E-state index in [4.69, 9.17) is 11.6 Å². The van der Waals surface area contributed by atoms with Gasteiger partial charge in [0.2, 0.25) is 11.8 Å². The normalized spacial score (nSPS) is 23.0. The molecule has 1 saturated carbocycles. The van der Waals surface area contributed by atoms with Gasteiger partial charge in [-0.3, -0.25) is 9.59 Å². The molecule has 160 valence electrons. The van der Waals surface area contributed by atoms with Gasteiger partial charge in [0, 0.05) is 42.8 Å². The summed E-state index contributed by atoms with van der Waals surface area (Å²) in [7, 11) is 0. The predicted octanol–water partition coefficient (Wildman–Crippen LogP) is 3.47. The van der Waals surface area contributed by atoms with E-state index in [2.05, 4.69) is 10.2 Å². The Balaban J connectivity index is 1.43. The second-order valence-corrected chi connectivity index (χ2v) is 8.10. The molecule has 0 aromatic heterocycles. The van der Waals surface area contributed by atoms with Gasteiger partial charge in [-0.15, -0.1) is 0 Å². The summed E-state index contributed by atoms with van der Waals surface area (Å²) in [5, 5.41) is 3.21. The molecule has 2 atom stereocenters. The summed E-state index contributed by atoms with van der Waals surface area (Å²) in [4.78, 5) is 28.5. The van der Waals surface area contributed by atoms with Gasteiger partial charge in [0.1, 0.15) is 0 Å². The molecule has 1 saturated heterocycles. The number of anilines is 1. The minimum atomic E-state index is -4.27. The Morgan fingerprint density at radius 2 is 1.72 bits per heavy atom. The zero-order chi connectivity index (χ0) is 21.0. The SMILES string of the molecule is O=C(NCC(=O)N1CCN(c2ccc(Cl)cc2)CC1)C1CCCC(C(F)(F)F)C1. The van der Waals surface area contributed by atoms with Crippen LogP contribution in [0.2, 0.25) is 5.02 Å². The van der Waals surface area contributed by atoms with E-state index < -0.39 is 23.9 Å². The molecular formula is C20H25ClF3N3O2. The lowest BCUT2D eigenvalue weighted by Gasteiger charge is -2.36. The van der Waals surface area contributed by atoms with Crippen LogP contribution in [-0.4, -0.2) is 55.6 Å². The largest absolute Gasteiger partial charge is 0.391 e. The molecule has 1 aliphatic heterocycles. The Bertz CT molecular complexity index is 719. The van der Waals surface area contributed by atoms with E-state index in [1.807, 2.05) is 24.3 Å². The number of benzene rings is 1. The van der Waals surface area contributed by atoms with Crippen molar-refractivity contribution < 1.29 is 22.8 Å². The van der Waals surface area contributed by atoms with Gasteiger partial charge in [0.25, 0.3) is 0 Å².